The summed E-state index contributed by atoms with van der Waals surface area (Å²) >= 11 is 0. The van der Waals surface area contributed by atoms with Gasteiger partial charge in [-0.05, 0) is 18.6 Å². The second kappa shape index (κ2) is 4.01. The SMILES string of the molecule is Cc1ccc(Cn2ncc3cnccc32)cc1. The lowest BCUT2D eigenvalue weighted by Gasteiger charge is -2.04. The number of hydrogen-bond acceptors (Lipinski definition) is 2. The van der Waals surface area contributed by atoms with Crippen LogP contribution in [0.5, 0.6) is 0 Å². The Morgan fingerprint density at radius 2 is 1.88 bits per heavy atom. The van der Waals surface area contributed by atoms with Gasteiger partial charge in [0.1, 0.15) is 0 Å². The Morgan fingerprint density at radius 1 is 1.06 bits per heavy atom. The Labute approximate surface area is 99.7 Å². The predicted octanol–water partition coefficient (Wildman–Crippen LogP) is 2.79. The van der Waals surface area contributed by atoms with Crippen molar-refractivity contribution in [3.05, 3.63) is 60.0 Å². The minimum absolute atomic E-state index is 0.799. The van der Waals surface area contributed by atoms with Gasteiger partial charge in [0.05, 0.1) is 18.3 Å². The van der Waals surface area contributed by atoms with Crippen LogP contribution in [0.3, 0.4) is 0 Å². The van der Waals surface area contributed by atoms with Gasteiger partial charge in [-0.3, -0.25) is 9.67 Å². The number of hydrogen-bond donors (Lipinski definition) is 0. The average molecular weight is 223 g/mol. The topological polar surface area (TPSA) is 30.7 Å². The van der Waals surface area contributed by atoms with Crippen molar-refractivity contribution in [2.24, 2.45) is 0 Å². The van der Waals surface area contributed by atoms with Crippen molar-refractivity contribution < 1.29 is 0 Å². The molecule has 3 heteroatoms. The summed E-state index contributed by atoms with van der Waals surface area (Å²) in [5.41, 5.74) is 3.67. The molecule has 0 aliphatic rings. The summed E-state index contributed by atoms with van der Waals surface area (Å²) in [5.74, 6) is 0. The number of fused-ring (bicyclic) bond motifs is 1. The van der Waals surface area contributed by atoms with Gasteiger partial charge in [0.15, 0.2) is 0 Å². The molecule has 0 spiro atoms. The maximum Gasteiger partial charge on any atom is 0.0717 e. The molecule has 0 amide bonds. The Hall–Kier alpha value is -2.16. The largest absolute Gasteiger partial charge is 0.264 e. The molecule has 84 valence electrons. The van der Waals surface area contributed by atoms with E-state index in [1.165, 1.54) is 11.1 Å². The van der Waals surface area contributed by atoms with Crippen LogP contribution >= 0.6 is 0 Å². The van der Waals surface area contributed by atoms with E-state index in [0.29, 0.717) is 0 Å². The van der Waals surface area contributed by atoms with Crippen molar-refractivity contribution in [1.29, 1.82) is 0 Å². The van der Waals surface area contributed by atoms with E-state index in [1.54, 1.807) is 6.20 Å². The van der Waals surface area contributed by atoms with Crippen LogP contribution in [0.25, 0.3) is 10.9 Å². The van der Waals surface area contributed by atoms with Gasteiger partial charge in [0.25, 0.3) is 0 Å². The van der Waals surface area contributed by atoms with E-state index in [9.17, 15) is 0 Å². The van der Waals surface area contributed by atoms with Gasteiger partial charge in [0, 0.05) is 17.8 Å². The highest BCUT2D eigenvalue weighted by molar-refractivity contribution is 5.77. The number of rotatable bonds is 2. The molecule has 0 saturated carbocycles. The lowest BCUT2D eigenvalue weighted by atomic mass is 10.1. The molecule has 3 aromatic rings. The smallest absolute Gasteiger partial charge is 0.0717 e. The Bertz CT molecular complexity index is 638. The number of pyridine rings is 1. The standard InChI is InChI=1S/C14H13N3/c1-11-2-4-12(5-3-11)10-17-14-6-7-15-8-13(14)9-16-17/h2-9H,10H2,1H3. The second-order valence-electron chi connectivity index (χ2n) is 4.22. The fourth-order valence-electron chi connectivity index (χ4n) is 1.92. The van der Waals surface area contributed by atoms with E-state index in [2.05, 4.69) is 41.3 Å². The average Bonchev–Trinajstić information content (AvgIpc) is 2.76. The van der Waals surface area contributed by atoms with Gasteiger partial charge < -0.3 is 0 Å². The van der Waals surface area contributed by atoms with Gasteiger partial charge in [-0.25, -0.2) is 0 Å². The van der Waals surface area contributed by atoms with Crippen molar-refractivity contribution in [2.75, 3.05) is 0 Å². The summed E-state index contributed by atoms with van der Waals surface area (Å²) in [7, 11) is 0. The third kappa shape index (κ3) is 1.91. The van der Waals surface area contributed by atoms with Gasteiger partial charge >= 0.3 is 0 Å². The molecule has 0 fully saturated rings. The van der Waals surface area contributed by atoms with E-state index in [0.717, 1.165) is 17.4 Å². The first-order valence-corrected chi connectivity index (χ1v) is 5.64. The normalized spacial score (nSPS) is 10.9. The minimum atomic E-state index is 0.799. The van der Waals surface area contributed by atoms with E-state index in [-0.39, 0.29) is 0 Å². The van der Waals surface area contributed by atoms with Crippen LogP contribution in [-0.4, -0.2) is 14.8 Å². The second-order valence-corrected chi connectivity index (χ2v) is 4.22. The molecule has 0 saturated heterocycles. The fraction of sp³-hybridized carbons (Fsp3) is 0.143. The molecule has 0 bridgehead atoms. The van der Waals surface area contributed by atoms with Crippen LogP contribution in [0.15, 0.2) is 48.9 Å². The van der Waals surface area contributed by atoms with Crippen LogP contribution in [0.2, 0.25) is 0 Å². The summed E-state index contributed by atoms with van der Waals surface area (Å²) < 4.78 is 2.00. The zero-order chi connectivity index (χ0) is 11.7. The van der Waals surface area contributed by atoms with Gasteiger partial charge in [-0.2, -0.15) is 5.10 Å². The summed E-state index contributed by atoms with van der Waals surface area (Å²) in [6, 6.07) is 10.5. The van der Waals surface area contributed by atoms with E-state index >= 15 is 0 Å². The molecule has 3 nitrogen and oxygen atoms in total. The van der Waals surface area contributed by atoms with E-state index < -0.39 is 0 Å². The van der Waals surface area contributed by atoms with Gasteiger partial charge in [0.2, 0.25) is 0 Å². The number of nitrogens with zero attached hydrogens (tertiary/aromatic N) is 3. The maximum atomic E-state index is 4.39. The molecule has 2 aromatic heterocycles. The van der Waals surface area contributed by atoms with Crippen molar-refractivity contribution in [3.63, 3.8) is 0 Å². The Morgan fingerprint density at radius 3 is 2.71 bits per heavy atom. The van der Waals surface area contributed by atoms with Gasteiger partial charge in [-0.1, -0.05) is 29.8 Å². The Balaban J connectivity index is 1.97. The van der Waals surface area contributed by atoms with Crippen molar-refractivity contribution in [2.45, 2.75) is 13.5 Å². The van der Waals surface area contributed by atoms with Crippen LogP contribution in [0, 0.1) is 6.92 Å². The number of aromatic nitrogens is 3. The highest BCUT2D eigenvalue weighted by atomic mass is 15.3. The van der Waals surface area contributed by atoms with Crippen LogP contribution in [0.1, 0.15) is 11.1 Å². The fourth-order valence-corrected chi connectivity index (χ4v) is 1.92. The molecular formula is C14H13N3. The molecule has 0 unspecified atom stereocenters. The molecule has 0 aliphatic heterocycles. The van der Waals surface area contributed by atoms with Crippen molar-refractivity contribution in [3.8, 4) is 0 Å². The minimum Gasteiger partial charge on any atom is -0.264 e. The zero-order valence-electron chi connectivity index (χ0n) is 9.67. The third-order valence-electron chi connectivity index (χ3n) is 2.90. The maximum absolute atomic E-state index is 4.39. The molecule has 0 N–H and O–H groups in total. The number of benzene rings is 1. The van der Waals surface area contributed by atoms with Crippen molar-refractivity contribution in [1.82, 2.24) is 14.8 Å². The van der Waals surface area contributed by atoms with Crippen molar-refractivity contribution >= 4 is 10.9 Å². The molecule has 0 atom stereocenters. The lowest BCUT2D eigenvalue weighted by Crippen LogP contribution is -2.01. The highest BCUT2D eigenvalue weighted by Crippen LogP contribution is 2.13. The third-order valence-corrected chi connectivity index (χ3v) is 2.90. The van der Waals surface area contributed by atoms with Crippen LogP contribution < -0.4 is 0 Å². The summed E-state index contributed by atoms with van der Waals surface area (Å²) in [6.07, 6.45) is 5.50. The summed E-state index contributed by atoms with van der Waals surface area (Å²) in [4.78, 5) is 4.09. The first-order valence-electron chi connectivity index (χ1n) is 5.64. The monoisotopic (exact) mass is 223 g/mol. The predicted molar refractivity (Wildman–Crippen MR) is 67.8 cm³/mol. The molecule has 2 heterocycles. The number of aryl methyl sites for hydroxylation is 1. The van der Waals surface area contributed by atoms with Gasteiger partial charge in [-0.15, -0.1) is 0 Å². The van der Waals surface area contributed by atoms with Crippen LogP contribution in [-0.2, 0) is 6.54 Å². The quantitative estimate of drug-likeness (QED) is 0.668. The molecule has 1 aromatic carbocycles. The molecular weight excluding hydrogens is 210 g/mol. The summed E-state index contributed by atoms with van der Waals surface area (Å²) in [6.45, 7) is 2.90. The van der Waals surface area contributed by atoms with Crippen LogP contribution in [0.4, 0.5) is 0 Å². The van der Waals surface area contributed by atoms with E-state index in [4.69, 9.17) is 0 Å². The zero-order valence-corrected chi connectivity index (χ0v) is 9.67. The molecule has 17 heavy (non-hydrogen) atoms. The lowest BCUT2D eigenvalue weighted by molar-refractivity contribution is 0.712. The Kier molecular flexibility index (Phi) is 2.37. The highest BCUT2D eigenvalue weighted by Gasteiger charge is 2.02. The molecule has 0 radical (unpaired) electrons. The molecule has 0 aliphatic carbocycles. The first kappa shape index (κ1) is 10.0. The van der Waals surface area contributed by atoms with E-state index in [1.807, 2.05) is 23.1 Å². The first-order chi connectivity index (χ1) is 8.33. The molecule has 3 rings (SSSR count). The summed E-state index contributed by atoms with van der Waals surface area (Å²) in [5, 5.41) is 5.47.